The van der Waals surface area contributed by atoms with E-state index in [0.29, 0.717) is 17.9 Å². The average Bonchev–Trinajstić information content (AvgIpc) is 2.60. The summed E-state index contributed by atoms with van der Waals surface area (Å²) < 4.78 is 5.89. The van der Waals surface area contributed by atoms with Gasteiger partial charge in [-0.2, -0.15) is 0 Å². The van der Waals surface area contributed by atoms with Gasteiger partial charge in [-0.25, -0.2) is 0 Å². The number of anilines is 1. The largest absolute Gasteiger partial charge is 0.455 e. The maximum Gasteiger partial charge on any atom is 0.228 e. The number of nitrogens with one attached hydrogen (secondary N) is 1. The van der Waals surface area contributed by atoms with E-state index in [9.17, 15) is 4.79 Å². The summed E-state index contributed by atoms with van der Waals surface area (Å²) in [5.74, 6) is 1.30. The minimum Gasteiger partial charge on any atom is -0.455 e. The molecule has 3 nitrogen and oxygen atoms in total. The molecule has 0 bridgehead atoms. The van der Waals surface area contributed by atoms with Gasteiger partial charge in [0, 0.05) is 0 Å². The van der Waals surface area contributed by atoms with Crippen LogP contribution in [0, 0.1) is 13.8 Å². The Kier molecular flexibility index (Phi) is 5.14. The molecule has 0 aliphatic rings. The van der Waals surface area contributed by atoms with E-state index in [1.165, 1.54) is 5.56 Å². The molecular weight excluding hydrogens is 310 g/mol. The highest BCUT2D eigenvalue weighted by molar-refractivity contribution is 5.93. The van der Waals surface area contributed by atoms with Crippen LogP contribution in [-0.4, -0.2) is 5.91 Å². The van der Waals surface area contributed by atoms with E-state index in [2.05, 4.69) is 11.4 Å². The molecule has 0 fully saturated rings. The number of ether oxygens (including phenoxy) is 1. The number of rotatable bonds is 5. The number of aryl methyl sites for hydroxylation is 2. The number of carbonyl (C=O) groups excluding carboxylic acids is 1. The first kappa shape index (κ1) is 16.8. The molecule has 0 aromatic heterocycles. The molecule has 3 aromatic carbocycles. The summed E-state index contributed by atoms with van der Waals surface area (Å²) in [4.78, 5) is 12.5. The third-order valence-corrected chi connectivity index (χ3v) is 3.98. The van der Waals surface area contributed by atoms with E-state index in [1.807, 2.05) is 80.6 Å². The lowest BCUT2D eigenvalue weighted by Crippen LogP contribution is -2.15. The number of carbonyl (C=O) groups is 1. The smallest absolute Gasteiger partial charge is 0.228 e. The van der Waals surface area contributed by atoms with E-state index in [4.69, 9.17) is 4.74 Å². The van der Waals surface area contributed by atoms with Gasteiger partial charge in [0.05, 0.1) is 12.1 Å². The number of amides is 1. The zero-order valence-corrected chi connectivity index (χ0v) is 14.5. The van der Waals surface area contributed by atoms with Crippen molar-refractivity contribution >= 4 is 11.6 Å². The maximum atomic E-state index is 12.5. The van der Waals surface area contributed by atoms with Gasteiger partial charge in [0.1, 0.15) is 5.75 Å². The minimum absolute atomic E-state index is 0.0592. The molecule has 1 N–H and O–H groups in total. The first-order valence-electron chi connectivity index (χ1n) is 8.30. The van der Waals surface area contributed by atoms with Crippen LogP contribution in [0.25, 0.3) is 0 Å². The van der Waals surface area contributed by atoms with E-state index in [0.717, 1.165) is 16.9 Å². The van der Waals surface area contributed by atoms with Crippen molar-refractivity contribution in [2.45, 2.75) is 20.3 Å². The summed E-state index contributed by atoms with van der Waals surface area (Å²) in [6.07, 6.45) is 0.339. The summed E-state index contributed by atoms with van der Waals surface area (Å²) in [5.41, 5.74) is 4.03. The van der Waals surface area contributed by atoms with Gasteiger partial charge in [-0.3, -0.25) is 4.79 Å². The van der Waals surface area contributed by atoms with E-state index in [1.54, 1.807) is 0 Å². The van der Waals surface area contributed by atoms with Crippen LogP contribution in [0.3, 0.4) is 0 Å². The highest BCUT2D eigenvalue weighted by atomic mass is 16.5. The van der Waals surface area contributed by atoms with Crippen molar-refractivity contribution in [1.29, 1.82) is 0 Å². The van der Waals surface area contributed by atoms with Crippen LogP contribution < -0.4 is 10.1 Å². The van der Waals surface area contributed by atoms with Crippen molar-refractivity contribution in [3.05, 3.63) is 89.5 Å². The molecule has 0 saturated heterocycles. The Balaban J connectivity index is 1.73. The molecule has 0 aliphatic carbocycles. The first-order valence-corrected chi connectivity index (χ1v) is 8.30. The monoisotopic (exact) mass is 331 g/mol. The molecular formula is C22H21NO2. The zero-order valence-electron chi connectivity index (χ0n) is 14.5. The van der Waals surface area contributed by atoms with Gasteiger partial charge in [0.2, 0.25) is 5.91 Å². The fraction of sp³-hybridized carbons (Fsp3) is 0.136. The second kappa shape index (κ2) is 7.67. The predicted molar refractivity (Wildman–Crippen MR) is 101 cm³/mol. The van der Waals surface area contributed by atoms with Gasteiger partial charge >= 0.3 is 0 Å². The van der Waals surface area contributed by atoms with Crippen molar-refractivity contribution in [3.63, 3.8) is 0 Å². The van der Waals surface area contributed by atoms with Gasteiger partial charge in [-0.05, 0) is 49.2 Å². The molecule has 25 heavy (non-hydrogen) atoms. The molecule has 0 saturated carbocycles. The van der Waals surface area contributed by atoms with Crippen LogP contribution in [0.5, 0.6) is 11.5 Å². The normalized spacial score (nSPS) is 10.3. The lowest BCUT2D eigenvalue weighted by atomic mass is 10.0. The number of hydrogen-bond donors (Lipinski definition) is 1. The SMILES string of the molecule is Cc1ccc(CC(=O)Nc2ccccc2Oc2ccccc2)c(C)c1. The van der Waals surface area contributed by atoms with Crippen molar-refractivity contribution in [1.82, 2.24) is 0 Å². The van der Waals surface area contributed by atoms with Crippen molar-refractivity contribution in [2.24, 2.45) is 0 Å². The molecule has 0 heterocycles. The molecule has 3 heteroatoms. The van der Waals surface area contributed by atoms with Crippen LogP contribution in [0.2, 0.25) is 0 Å². The van der Waals surface area contributed by atoms with E-state index >= 15 is 0 Å². The Labute approximate surface area is 148 Å². The second-order valence-corrected chi connectivity index (χ2v) is 6.07. The summed E-state index contributed by atoms with van der Waals surface area (Å²) in [7, 11) is 0. The molecule has 0 radical (unpaired) electrons. The lowest BCUT2D eigenvalue weighted by molar-refractivity contribution is -0.115. The molecule has 3 rings (SSSR count). The van der Waals surface area contributed by atoms with Gasteiger partial charge in [-0.1, -0.05) is 54.1 Å². The summed E-state index contributed by atoms with van der Waals surface area (Å²) in [5, 5.41) is 2.96. The minimum atomic E-state index is -0.0592. The van der Waals surface area contributed by atoms with E-state index in [-0.39, 0.29) is 5.91 Å². The average molecular weight is 331 g/mol. The third kappa shape index (κ3) is 4.48. The van der Waals surface area contributed by atoms with Gasteiger partial charge in [0.25, 0.3) is 0 Å². The second-order valence-electron chi connectivity index (χ2n) is 6.07. The van der Waals surface area contributed by atoms with Crippen LogP contribution in [0.4, 0.5) is 5.69 Å². The predicted octanol–water partition coefficient (Wildman–Crippen LogP) is 5.28. The van der Waals surface area contributed by atoms with Gasteiger partial charge < -0.3 is 10.1 Å². The van der Waals surface area contributed by atoms with Crippen molar-refractivity contribution in [3.8, 4) is 11.5 Å². The Morgan fingerprint density at radius 2 is 1.64 bits per heavy atom. The highest BCUT2D eigenvalue weighted by Crippen LogP contribution is 2.29. The molecule has 0 aliphatic heterocycles. The Bertz CT molecular complexity index is 872. The van der Waals surface area contributed by atoms with Crippen LogP contribution in [-0.2, 0) is 11.2 Å². The Morgan fingerprint density at radius 3 is 2.40 bits per heavy atom. The van der Waals surface area contributed by atoms with Crippen LogP contribution >= 0.6 is 0 Å². The molecule has 0 unspecified atom stereocenters. The molecule has 126 valence electrons. The van der Waals surface area contributed by atoms with Gasteiger partial charge in [-0.15, -0.1) is 0 Å². The summed E-state index contributed by atoms with van der Waals surface area (Å²) in [6.45, 7) is 4.08. The third-order valence-electron chi connectivity index (χ3n) is 3.98. The quantitative estimate of drug-likeness (QED) is 0.691. The summed E-state index contributed by atoms with van der Waals surface area (Å²) >= 11 is 0. The standard InChI is InChI=1S/C22H21NO2/c1-16-12-13-18(17(2)14-16)15-22(24)23-20-10-6-7-11-21(20)25-19-8-4-3-5-9-19/h3-14H,15H2,1-2H3,(H,23,24). The first-order chi connectivity index (χ1) is 12.1. The number of para-hydroxylation sites is 3. The maximum absolute atomic E-state index is 12.5. The fourth-order valence-electron chi connectivity index (χ4n) is 2.69. The Hall–Kier alpha value is -3.07. The number of hydrogen-bond acceptors (Lipinski definition) is 2. The van der Waals surface area contributed by atoms with Crippen molar-refractivity contribution < 1.29 is 9.53 Å². The Morgan fingerprint density at radius 1 is 0.920 bits per heavy atom. The van der Waals surface area contributed by atoms with Gasteiger partial charge in [0.15, 0.2) is 5.75 Å². The molecule has 0 spiro atoms. The van der Waals surface area contributed by atoms with Crippen molar-refractivity contribution in [2.75, 3.05) is 5.32 Å². The highest BCUT2D eigenvalue weighted by Gasteiger charge is 2.10. The lowest BCUT2D eigenvalue weighted by Gasteiger charge is -2.13. The van der Waals surface area contributed by atoms with E-state index < -0.39 is 0 Å². The van der Waals surface area contributed by atoms with Crippen LogP contribution in [0.1, 0.15) is 16.7 Å². The molecule has 3 aromatic rings. The topological polar surface area (TPSA) is 38.3 Å². The zero-order chi connectivity index (χ0) is 17.6. The molecule has 0 atom stereocenters. The number of benzene rings is 3. The van der Waals surface area contributed by atoms with Crippen LogP contribution in [0.15, 0.2) is 72.8 Å². The summed E-state index contributed by atoms with van der Waals surface area (Å²) in [6, 6.07) is 23.1. The molecule has 1 amide bonds. The fourth-order valence-corrected chi connectivity index (χ4v) is 2.69.